The topological polar surface area (TPSA) is 132 Å². The SMILES string of the molecule is CO[C@H]1C(=O)N2C(C(=O)OCC(=O)OC(C)(C)C)=C(COC(C)=O)C[S+]([O-])C12. The zero-order valence-electron chi connectivity index (χ0n) is 16.3. The van der Waals surface area contributed by atoms with Gasteiger partial charge >= 0.3 is 17.9 Å². The fourth-order valence-corrected chi connectivity index (χ4v) is 4.43. The van der Waals surface area contributed by atoms with Crippen molar-refractivity contribution < 1.29 is 42.7 Å². The highest BCUT2D eigenvalue weighted by atomic mass is 32.2. The van der Waals surface area contributed by atoms with Crippen LogP contribution in [0.2, 0.25) is 0 Å². The molecule has 11 heteroatoms. The summed E-state index contributed by atoms with van der Waals surface area (Å²) >= 11 is -1.56. The van der Waals surface area contributed by atoms with E-state index in [2.05, 4.69) is 0 Å². The van der Waals surface area contributed by atoms with Crippen molar-refractivity contribution in [2.45, 2.75) is 44.8 Å². The number of esters is 3. The number of hydrogen-bond acceptors (Lipinski definition) is 9. The molecule has 2 unspecified atom stereocenters. The van der Waals surface area contributed by atoms with E-state index >= 15 is 0 Å². The molecule has 0 aromatic heterocycles. The Morgan fingerprint density at radius 1 is 1.25 bits per heavy atom. The van der Waals surface area contributed by atoms with Gasteiger partial charge in [-0.1, -0.05) is 0 Å². The number of rotatable bonds is 6. The lowest BCUT2D eigenvalue weighted by atomic mass is 10.1. The number of amides is 1. The van der Waals surface area contributed by atoms with E-state index in [1.807, 2.05) is 0 Å². The van der Waals surface area contributed by atoms with Crippen LogP contribution in [0, 0.1) is 0 Å². The lowest BCUT2D eigenvalue weighted by molar-refractivity contribution is -0.169. The van der Waals surface area contributed by atoms with Crippen LogP contribution in [0.5, 0.6) is 0 Å². The van der Waals surface area contributed by atoms with Gasteiger partial charge in [-0.3, -0.25) is 14.5 Å². The van der Waals surface area contributed by atoms with Gasteiger partial charge in [-0.05, 0) is 31.9 Å². The number of fused-ring (bicyclic) bond motifs is 1. The predicted octanol–water partition coefficient (Wildman–Crippen LogP) is -0.366. The average molecular weight is 417 g/mol. The quantitative estimate of drug-likeness (QED) is 0.246. The summed E-state index contributed by atoms with van der Waals surface area (Å²) < 4.78 is 32.4. The summed E-state index contributed by atoms with van der Waals surface area (Å²) in [5.41, 5.74) is -0.774. The zero-order valence-corrected chi connectivity index (χ0v) is 17.1. The number of ether oxygens (including phenoxy) is 4. The molecule has 156 valence electrons. The third-order valence-corrected chi connectivity index (χ3v) is 5.42. The standard InChI is InChI=1S/C17H23NO9S/c1-9(19)25-6-10-8-28(23)15-13(24-5)14(21)18(15)12(10)16(22)26-7-11(20)27-17(2,3)4/h13,15H,6-8H2,1-5H3/t13-,15?,28?/m0/s1. The van der Waals surface area contributed by atoms with Crippen molar-refractivity contribution in [3.63, 3.8) is 0 Å². The van der Waals surface area contributed by atoms with Crippen molar-refractivity contribution in [3.8, 4) is 0 Å². The maximum atomic E-state index is 12.6. The minimum atomic E-state index is -1.56. The van der Waals surface area contributed by atoms with Crippen LogP contribution in [0.1, 0.15) is 27.7 Å². The van der Waals surface area contributed by atoms with Crippen LogP contribution in [0.15, 0.2) is 11.3 Å². The first-order valence-corrected chi connectivity index (χ1v) is 9.82. The molecule has 28 heavy (non-hydrogen) atoms. The molecule has 1 amide bonds. The normalized spacial score (nSPS) is 24.3. The minimum absolute atomic E-state index is 0.0988. The van der Waals surface area contributed by atoms with Crippen LogP contribution in [0.3, 0.4) is 0 Å². The highest BCUT2D eigenvalue weighted by Gasteiger charge is 2.61. The molecule has 0 saturated carbocycles. The van der Waals surface area contributed by atoms with Gasteiger partial charge in [0.1, 0.15) is 23.7 Å². The van der Waals surface area contributed by atoms with Crippen molar-refractivity contribution >= 4 is 35.0 Å². The van der Waals surface area contributed by atoms with Crippen molar-refractivity contribution in [2.75, 3.05) is 26.1 Å². The number of hydrogen-bond donors (Lipinski definition) is 0. The lowest BCUT2D eigenvalue weighted by Gasteiger charge is -2.48. The van der Waals surface area contributed by atoms with Crippen molar-refractivity contribution in [1.82, 2.24) is 4.90 Å². The maximum absolute atomic E-state index is 12.6. The Morgan fingerprint density at radius 2 is 1.89 bits per heavy atom. The van der Waals surface area contributed by atoms with Gasteiger partial charge in [0.15, 0.2) is 6.61 Å². The molecule has 0 aromatic rings. The van der Waals surface area contributed by atoms with Crippen LogP contribution >= 0.6 is 0 Å². The molecule has 3 atom stereocenters. The Balaban J connectivity index is 2.21. The highest BCUT2D eigenvalue weighted by Crippen LogP contribution is 2.38. The third-order valence-electron chi connectivity index (χ3n) is 3.79. The van der Waals surface area contributed by atoms with Gasteiger partial charge in [0.2, 0.25) is 11.5 Å². The molecule has 0 bridgehead atoms. The summed E-state index contributed by atoms with van der Waals surface area (Å²) in [7, 11) is 1.30. The molecule has 2 aliphatic rings. The largest absolute Gasteiger partial charge is 0.614 e. The Hall–Kier alpha value is -2.11. The van der Waals surface area contributed by atoms with Crippen LogP contribution < -0.4 is 0 Å². The van der Waals surface area contributed by atoms with Crippen LogP contribution in [-0.4, -0.2) is 76.4 Å². The maximum Gasteiger partial charge on any atom is 0.356 e. The van der Waals surface area contributed by atoms with Crippen molar-refractivity contribution in [2.24, 2.45) is 0 Å². The molecule has 2 heterocycles. The fraction of sp³-hybridized carbons (Fsp3) is 0.647. The van der Waals surface area contributed by atoms with Crippen molar-refractivity contribution in [3.05, 3.63) is 11.3 Å². The van der Waals surface area contributed by atoms with Gasteiger partial charge in [0, 0.05) is 19.6 Å². The van der Waals surface area contributed by atoms with Gasteiger partial charge in [0.05, 0.1) is 0 Å². The molecule has 1 saturated heterocycles. The molecule has 10 nitrogen and oxygen atoms in total. The van der Waals surface area contributed by atoms with E-state index in [1.54, 1.807) is 20.8 Å². The molecule has 2 aliphatic heterocycles. The van der Waals surface area contributed by atoms with Gasteiger partial charge in [0.25, 0.3) is 5.91 Å². The van der Waals surface area contributed by atoms with Gasteiger partial charge in [-0.15, -0.1) is 0 Å². The van der Waals surface area contributed by atoms with E-state index in [0.717, 1.165) is 4.90 Å². The molecule has 0 N–H and O–H groups in total. The van der Waals surface area contributed by atoms with E-state index in [0.29, 0.717) is 0 Å². The number of nitrogens with zero attached hydrogens (tertiary/aromatic N) is 1. The average Bonchev–Trinajstić information content (AvgIpc) is 2.56. The molecular weight excluding hydrogens is 394 g/mol. The van der Waals surface area contributed by atoms with E-state index in [4.69, 9.17) is 18.9 Å². The first-order chi connectivity index (χ1) is 13.0. The molecule has 0 radical (unpaired) electrons. The Labute approximate surface area is 165 Å². The predicted molar refractivity (Wildman–Crippen MR) is 94.9 cm³/mol. The Bertz CT molecular complexity index is 712. The van der Waals surface area contributed by atoms with E-state index < -0.39 is 58.7 Å². The van der Waals surface area contributed by atoms with Crippen LogP contribution in [0.4, 0.5) is 0 Å². The Morgan fingerprint density at radius 3 is 2.43 bits per heavy atom. The summed E-state index contributed by atoms with van der Waals surface area (Å²) in [6, 6.07) is 0. The summed E-state index contributed by atoms with van der Waals surface area (Å²) in [6.07, 6.45) is -0.940. The highest BCUT2D eigenvalue weighted by molar-refractivity contribution is 7.92. The monoisotopic (exact) mass is 417 g/mol. The molecule has 1 fully saturated rings. The number of carbonyl (C=O) groups excluding carboxylic acids is 4. The number of carbonyl (C=O) groups is 4. The molecule has 0 aromatic carbocycles. The second-order valence-electron chi connectivity index (χ2n) is 7.18. The van der Waals surface area contributed by atoms with Crippen LogP contribution in [0.25, 0.3) is 0 Å². The van der Waals surface area contributed by atoms with Gasteiger partial charge in [-0.2, -0.15) is 0 Å². The summed E-state index contributed by atoms with van der Waals surface area (Å²) in [5, 5.41) is -0.845. The summed E-state index contributed by atoms with van der Waals surface area (Å²) in [5.74, 6) is -3.00. The molecule has 2 rings (SSSR count). The zero-order chi connectivity index (χ0) is 21.2. The fourth-order valence-electron chi connectivity index (χ4n) is 2.75. The second-order valence-corrected chi connectivity index (χ2v) is 8.71. The van der Waals surface area contributed by atoms with Crippen molar-refractivity contribution in [1.29, 1.82) is 0 Å². The smallest absolute Gasteiger partial charge is 0.356 e. The van der Waals surface area contributed by atoms with Crippen LogP contribution in [-0.2, 0) is 49.3 Å². The second kappa shape index (κ2) is 8.50. The number of methoxy groups -OCH3 is 1. The first kappa shape index (κ1) is 22.2. The van der Waals surface area contributed by atoms with Gasteiger partial charge in [-0.25, -0.2) is 9.59 Å². The first-order valence-electron chi connectivity index (χ1n) is 8.43. The summed E-state index contributed by atoms with van der Waals surface area (Å²) in [6.45, 7) is 5.18. The molecular formula is C17H23NO9S. The van der Waals surface area contributed by atoms with E-state index in [1.165, 1.54) is 14.0 Å². The summed E-state index contributed by atoms with van der Waals surface area (Å²) in [4.78, 5) is 48.8. The van der Waals surface area contributed by atoms with E-state index in [-0.39, 0.29) is 23.6 Å². The third kappa shape index (κ3) is 4.83. The van der Waals surface area contributed by atoms with E-state index in [9.17, 15) is 23.7 Å². The number of β-lactam (4-membered cyclic amide) rings is 1. The minimum Gasteiger partial charge on any atom is -0.614 e. The Kier molecular flexibility index (Phi) is 6.73. The molecule has 0 spiro atoms. The van der Waals surface area contributed by atoms with Gasteiger partial charge < -0.3 is 23.5 Å². The molecule has 0 aliphatic carbocycles. The lowest BCUT2D eigenvalue weighted by Crippen LogP contribution is -2.70.